The number of carboxylic acid groups (broad SMARTS) is 1. The van der Waals surface area contributed by atoms with Gasteiger partial charge in [-0.3, -0.25) is 5.32 Å². The third kappa shape index (κ3) is 5.41. The highest BCUT2D eigenvalue weighted by Crippen LogP contribution is 1.90. The van der Waals surface area contributed by atoms with E-state index in [9.17, 15) is 9.59 Å². The van der Waals surface area contributed by atoms with Gasteiger partial charge in [-0.25, -0.2) is 9.59 Å². The molecule has 1 aromatic heterocycles. The lowest BCUT2D eigenvalue weighted by atomic mass is 10.6. The summed E-state index contributed by atoms with van der Waals surface area (Å²) in [6.45, 7) is -0.109. The van der Waals surface area contributed by atoms with Gasteiger partial charge in [0.15, 0.2) is 0 Å². The Balaban J connectivity index is 2.11. The maximum Gasteiger partial charge on any atom is 0.329 e. The largest absolute Gasteiger partial charge is 0.480 e. The Morgan fingerprint density at radius 2 is 2.29 bits per heavy atom. The van der Waals surface area contributed by atoms with E-state index in [1.165, 1.54) is 4.80 Å². The van der Waals surface area contributed by atoms with Crippen LogP contribution >= 0.6 is 0 Å². The number of hydrogen-bond donors (Lipinski definition) is 3. The number of anilines is 1. The first-order valence-electron chi connectivity index (χ1n) is 4.66. The Morgan fingerprint density at radius 3 is 2.88 bits per heavy atom. The maximum atomic E-state index is 11.2. The normalized spacial score (nSPS) is 9.94. The van der Waals surface area contributed by atoms with E-state index < -0.39 is 18.6 Å². The number of carbonyl (C=O) groups excluding carboxylic acids is 1. The van der Waals surface area contributed by atoms with Crippen molar-refractivity contribution in [2.45, 2.75) is 0 Å². The summed E-state index contributed by atoms with van der Waals surface area (Å²) >= 11 is 0. The molecule has 1 heterocycles. The minimum absolute atomic E-state index is 0.0801. The molecule has 0 aliphatic heterocycles. The van der Waals surface area contributed by atoms with E-state index in [0.29, 0.717) is 0 Å². The zero-order valence-electron chi connectivity index (χ0n) is 9.08. The second kappa shape index (κ2) is 6.37. The maximum absolute atomic E-state index is 11.2. The van der Waals surface area contributed by atoms with E-state index in [1.807, 2.05) is 0 Å². The van der Waals surface area contributed by atoms with Crippen molar-refractivity contribution in [2.24, 2.45) is 7.05 Å². The molecule has 0 unspecified atom stereocenters. The zero-order chi connectivity index (χ0) is 12.7. The molecule has 0 saturated heterocycles. The van der Waals surface area contributed by atoms with Crippen LogP contribution in [0.15, 0.2) is 0 Å². The van der Waals surface area contributed by atoms with Gasteiger partial charge < -0.3 is 15.2 Å². The summed E-state index contributed by atoms with van der Waals surface area (Å²) in [7, 11) is 1.57. The second-order valence-corrected chi connectivity index (χ2v) is 2.93. The molecule has 3 N–H and O–H groups in total. The van der Waals surface area contributed by atoms with Gasteiger partial charge in [0.1, 0.15) is 6.61 Å². The second-order valence-electron chi connectivity index (χ2n) is 2.93. The van der Waals surface area contributed by atoms with Gasteiger partial charge in [-0.15, -0.1) is 5.10 Å². The van der Waals surface area contributed by atoms with Gasteiger partial charge in [-0.1, -0.05) is 5.10 Å². The number of carbonyl (C=O) groups is 2. The predicted molar refractivity (Wildman–Crippen MR) is 54.3 cm³/mol. The fraction of sp³-hybridized carbons (Fsp3) is 0.571. The molecule has 2 amide bonds. The molecule has 0 aliphatic rings. The first-order chi connectivity index (χ1) is 8.08. The molecule has 0 aromatic carbocycles. The van der Waals surface area contributed by atoms with Crippen LogP contribution in [0.2, 0.25) is 0 Å². The molecule has 17 heavy (non-hydrogen) atoms. The molecule has 1 rings (SSSR count). The molecular formula is C7H12N6O4. The molecule has 0 saturated carbocycles. The van der Waals surface area contributed by atoms with Gasteiger partial charge in [0, 0.05) is 6.54 Å². The molecule has 10 nitrogen and oxygen atoms in total. The van der Waals surface area contributed by atoms with Gasteiger partial charge in [-0.05, 0) is 5.21 Å². The Kier molecular flexibility index (Phi) is 4.81. The SMILES string of the molecule is Cn1nnc(NC(=O)NCCOCC(=O)O)n1. The van der Waals surface area contributed by atoms with Gasteiger partial charge in [0.05, 0.1) is 13.7 Å². The number of urea groups is 1. The number of ether oxygens (including phenoxy) is 1. The first kappa shape index (κ1) is 12.8. The van der Waals surface area contributed by atoms with Crippen molar-refractivity contribution in [2.75, 3.05) is 25.1 Å². The number of hydrogen-bond acceptors (Lipinski definition) is 6. The third-order valence-corrected chi connectivity index (χ3v) is 1.49. The summed E-state index contributed by atoms with van der Waals surface area (Å²) in [5.41, 5.74) is 0. The predicted octanol–water partition coefficient (Wildman–Crippen LogP) is -1.57. The van der Waals surface area contributed by atoms with Gasteiger partial charge >= 0.3 is 12.0 Å². The molecule has 0 spiro atoms. The van der Waals surface area contributed by atoms with Crippen molar-refractivity contribution in [1.29, 1.82) is 0 Å². The Morgan fingerprint density at radius 1 is 1.53 bits per heavy atom. The molecule has 0 bridgehead atoms. The standard InChI is InChI=1S/C7H12N6O4/c1-13-11-6(10-12-13)9-7(16)8-2-3-17-4-5(14)15/h2-4H2,1H3,(H,14,15)(H2,8,9,11,16). The minimum Gasteiger partial charge on any atom is -0.480 e. The number of tetrazole rings is 1. The number of nitrogens with zero attached hydrogens (tertiary/aromatic N) is 4. The lowest BCUT2D eigenvalue weighted by Gasteiger charge is -2.04. The van der Waals surface area contributed by atoms with Crippen LogP contribution in [0, 0.1) is 0 Å². The molecule has 0 fully saturated rings. The van der Waals surface area contributed by atoms with E-state index in [1.54, 1.807) is 7.05 Å². The van der Waals surface area contributed by atoms with E-state index in [0.717, 1.165) is 0 Å². The van der Waals surface area contributed by atoms with Crippen LogP contribution in [0.5, 0.6) is 0 Å². The number of amides is 2. The van der Waals surface area contributed by atoms with Crippen molar-refractivity contribution in [1.82, 2.24) is 25.5 Å². The number of aliphatic carboxylic acids is 1. The molecule has 1 aromatic rings. The lowest BCUT2D eigenvalue weighted by Crippen LogP contribution is -2.32. The number of aromatic nitrogens is 4. The molecule has 0 aliphatic carbocycles. The molecular weight excluding hydrogens is 232 g/mol. The first-order valence-corrected chi connectivity index (χ1v) is 4.66. The lowest BCUT2D eigenvalue weighted by molar-refractivity contribution is -0.142. The van der Waals surface area contributed by atoms with Crippen LogP contribution in [0.25, 0.3) is 0 Å². The summed E-state index contributed by atoms with van der Waals surface area (Å²) in [6, 6.07) is -0.517. The summed E-state index contributed by atoms with van der Waals surface area (Å²) in [5.74, 6) is -0.977. The van der Waals surface area contributed by atoms with Gasteiger partial charge in [-0.2, -0.15) is 4.80 Å². The van der Waals surface area contributed by atoms with Crippen LogP contribution in [0.3, 0.4) is 0 Å². The highest BCUT2D eigenvalue weighted by atomic mass is 16.5. The fourth-order valence-electron chi connectivity index (χ4n) is 0.876. The zero-order valence-corrected chi connectivity index (χ0v) is 9.08. The van der Waals surface area contributed by atoms with E-state index in [4.69, 9.17) is 9.84 Å². The Labute approximate surface area is 95.9 Å². The topological polar surface area (TPSA) is 131 Å². The van der Waals surface area contributed by atoms with E-state index >= 15 is 0 Å². The van der Waals surface area contributed by atoms with Crippen molar-refractivity contribution in [3.05, 3.63) is 0 Å². The molecule has 0 radical (unpaired) electrons. The highest BCUT2D eigenvalue weighted by molar-refractivity contribution is 5.87. The van der Waals surface area contributed by atoms with Crippen LogP contribution in [0.4, 0.5) is 10.7 Å². The number of aryl methyl sites for hydroxylation is 1. The van der Waals surface area contributed by atoms with Crippen LogP contribution in [0.1, 0.15) is 0 Å². The average Bonchev–Trinajstić information content (AvgIpc) is 2.63. The smallest absolute Gasteiger partial charge is 0.329 e. The fourth-order valence-corrected chi connectivity index (χ4v) is 0.876. The summed E-state index contributed by atoms with van der Waals surface area (Å²) in [6.07, 6.45) is 0. The van der Waals surface area contributed by atoms with E-state index in [2.05, 4.69) is 26.0 Å². The van der Waals surface area contributed by atoms with Crippen LogP contribution in [-0.4, -0.2) is 57.1 Å². The summed E-state index contributed by atoms with van der Waals surface area (Å²) in [4.78, 5) is 22.5. The number of rotatable bonds is 6. The van der Waals surface area contributed by atoms with Crippen molar-refractivity contribution >= 4 is 17.9 Å². The monoisotopic (exact) mass is 244 g/mol. The molecule has 10 heteroatoms. The molecule has 94 valence electrons. The summed E-state index contributed by atoms with van der Waals surface area (Å²) in [5, 5.41) is 23.8. The Hall–Kier alpha value is -2.23. The number of carboxylic acids is 1. The van der Waals surface area contributed by atoms with Crippen LogP contribution in [-0.2, 0) is 16.6 Å². The number of nitrogens with one attached hydrogen (secondary N) is 2. The van der Waals surface area contributed by atoms with Crippen molar-refractivity contribution in [3.63, 3.8) is 0 Å². The van der Waals surface area contributed by atoms with Crippen molar-refractivity contribution in [3.8, 4) is 0 Å². The quantitative estimate of drug-likeness (QED) is 0.515. The minimum atomic E-state index is -1.06. The molecule has 0 atom stereocenters. The third-order valence-electron chi connectivity index (χ3n) is 1.49. The Bertz CT molecular complexity index is 391. The van der Waals surface area contributed by atoms with Gasteiger partial charge in [0.2, 0.25) is 0 Å². The van der Waals surface area contributed by atoms with Crippen molar-refractivity contribution < 1.29 is 19.4 Å². The summed E-state index contributed by atoms with van der Waals surface area (Å²) < 4.78 is 4.71. The van der Waals surface area contributed by atoms with Gasteiger partial charge in [0.25, 0.3) is 5.95 Å². The van der Waals surface area contributed by atoms with Crippen LogP contribution < -0.4 is 10.6 Å². The highest BCUT2D eigenvalue weighted by Gasteiger charge is 2.05. The van der Waals surface area contributed by atoms with E-state index in [-0.39, 0.29) is 19.1 Å². The average molecular weight is 244 g/mol.